The zero-order valence-electron chi connectivity index (χ0n) is 20.8. The molecule has 1 heterocycles. The summed E-state index contributed by atoms with van der Waals surface area (Å²) in [5.74, 6) is -0.457. The molecule has 0 saturated carbocycles. The summed E-state index contributed by atoms with van der Waals surface area (Å²) in [4.78, 5) is 37.1. The van der Waals surface area contributed by atoms with Crippen molar-refractivity contribution in [2.75, 3.05) is 20.3 Å². The van der Waals surface area contributed by atoms with Gasteiger partial charge in [0.15, 0.2) is 11.5 Å². The van der Waals surface area contributed by atoms with Gasteiger partial charge in [-0.2, -0.15) is 5.10 Å². The van der Waals surface area contributed by atoms with Crippen molar-refractivity contribution in [3.05, 3.63) is 71.0 Å². The third kappa shape index (κ3) is 6.21. The summed E-state index contributed by atoms with van der Waals surface area (Å²) in [7, 11) is 1.50. The number of esters is 1. The van der Waals surface area contributed by atoms with Crippen LogP contribution in [-0.4, -0.2) is 47.9 Å². The van der Waals surface area contributed by atoms with Gasteiger partial charge in [0, 0.05) is 11.1 Å². The highest BCUT2D eigenvalue weighted by Crippen LogP contribution is 2.28. The first kappa shape index (κ1) is 26.3. The molecule has 3 aromatic rings. The number of amides is 2. The Balaban J connectivity index is 1.62. The first-order chi connectivity index (χ1) is 17.4. The molecule has 0 spiro atoms. The number of benzene rings is 2. The number of hydrogen-bond acceptors (Lipinski definition) is 7. The fourth-order valence-electron chi connectivity index (χ4n) is 3.35. The van der Waals surface area contributed by atoms with Crippen LogP contribution in [0.15, 0.2) is 48.7 Å². The van der Waals surface area contributed by atoms with Gasteiger partial charge in [-0.15, -0.1) is 0 Å². The van der Waals surface area contributed by atoms with Crippen molar-refractivity contribution in [1.82, 2.24) is 20.6 Å². The fourth-order valence-corrected chi connectivity index (χ4v) is 3.35. The van der Waals surface area contributed by atoms with Gasteiger partial charge in [0.1, 0.15) is 5.56 Å². The summed E-state index contributed by atoms with van der Waals surface area (Å²) >= 11 is 0. The number of hydrazine groups is 1. The van der Waals surface area contributed by atoms with Crippen LogP contribution in [0.3, 0.4) is 0 Å². The largest absolute Gasteiger partial charge is 0.493 e. The number of unbranched alkanes of at least 4 members (excludes halogenated alkanes) is 1. The SMILES string of the molecule is CCCCOc1ccc(C(=O)NNC(=O)c2ccc(-n3ncc(C(=O)OCC)c3C)cc2)cc1OC. The number of carbonyl (C=O) groups excluding carboxylic acids is 3. The Morgan fingerprint density at radius 2 is 1.61 bits per heavy atom. The Bertz CT molecular complexity index is 1220. The molecule has 0 aliphatic heterocycles. The predicted molar refractivity (Wildman–Crippen MR) is 133 cm³/mol. The predicted octanol–water partition coefficient (Wildman–Crippen LogP) is 3.62. The molecule has 3 rings (SSSR count). The Labute approximate surface area is 209 Å². The molecule has 0 fully saturated rings. The van der Waals surface area contributed by atoms with Crippen molar-refractivity contribution >= 4 is 17.8 Å². The maximum absolute atomic E-state index is 12.5. The molecule has 0 atom stereocenters. The van der Waals surface area contributed by atoms with Crippen LogP contribution in [0.5, 0.6) is 11.5 Å². The van der Waals surface area contributed by atoms with E-state index in [2.05, 4.69) is 22.9 Å². The molecule has 10 nitrogen and oxygen atoms in total. The molecule has 1 aromatic heterocycles. The number of methoxy groups -OCH3 is 1. The number of ether oxygens (including phenoxy) is 3. The van der Waals surface area contributed by atoms with E-state index >= 15 is 0 Å². The van der Waals surface area contributed by atoms with Crippen molar-refractivity contribution in [2.45, 2.75) is 33.6 Å². The molecule has 0 aliphatic rings. The quantitative estimate of drug-likeness (QED) is 0.251. The number of rotatable bonds is 10. The molecule has 0 radical (unpaired) electrons. The van der Waals surface area contributed by atoms with E-state index < -0.39 is 17.8 Å². The average Bonchev–Trinajstić information content (AvgIpc) is 3.28. The van der Waals surface area contributed by atoms with Crippen LogP contribution in [0.1, 0.15) is 63.5 Å². The molecular formula is C26H30N4O6. The Kier molecular flexibility index (Phi) is 9.04. The van der Waals surface area contributed by atoms with E-state index in [4.69, 9.17) is 14.2 Å². The smallest absolute Gasteiger partial charge is 0.341 e. The fraction of sp³-hybridized carbons (Fsp3) is 0.308. The van der Waals surface area contributed by atoms with Gasteiger partial charge in [-0.05, 0) is 62.7 Å². The molecule has 2 aromatic carbocycles. The monoisotopic (exact) mass is 494 g/mol. The van der Waals surface area contributed by atoms with Gasteiger partial charge in [-0.1, -0.05) is 13.3 Å². The van der Waals surface area contributed by atoms with Gasteiger partial charge < -0.3 is 14.2 Å². The third-order valence-corrected chi connectivity index (χ3v) is 5.35. The molecule has 190 valence electrons. The maximum atomic E-state index is 12.5. The number of carbonyl (C=O) groups is 3. The van der Waals surface area contributed by atoms with Gasteiger partial charge in [0.05, 0.1) is 37.9 Å². The van der Waals surface area contributed by atoms with Crippen LogP contribution in [0.2, 0.25) is 0 Å². The Morgan fingerprint density at radius 1 is 0.944 bits per heavy atom. The van der Waals surface area contributed by atoms with E-state index in [9.17, 15) is 14.4 Å². The first-order valence-corrected chi connectivity index (χ1v) is 11.6. The lowest BCUT2D eigenvalue weighted by atomic mass is 10.2. The molecule has 0 saturated heterocycles. The molecule has 0 unspecified atom stereocenters. The van der Waals surface area contributed by atoms with Crippen molar-refractivity contribution in [2.24, 2.45) is 0 Å². The van der Waals surface area contributed by atoms with E-state index in [1.165, 1.54) is 13.3 Å². The summed E-state index contributed by atoms with van der Waals surface area (Å²) < 4.78 is 17.6. The van der Waals surface area contributed by atoms with Gasteiger partial charge in [0.25, 0.3) is 11.8 Å². The van der Waals surface area contributed by atoms with Gasteiger partial charge in [-0.3, -0.25) is 20.4 Å². The lowest BCUT2D eigenvalue weighted by molar-refractivity contribution is 0.0525. The average molecular weight is 495 g/mol. The maximum Gasteiger partial charge on any atom is 0.341 e. The van der Waals surface area contributed by atoms with Crippen molar-refractivity contribution in [1.29, 1.82) is 0 Å². The normalized spacial score (nSPS) is 10.4. The van der Waals surface area contributed by atoms with Crippen LogP contribution in [0, 0.1) is 6.92 Å². The number of hydrogen-bond donors (Lipinski definition) is 2. The Morgan fingerprint density at radius 3 is 2.25 bits per heavy atom. The molecular weight excluding hydrogens is 464 g/mol. The van der Waals surface area contributed by atoms with Gasteiger partial charge in [0.2, 0.25) is 0 Å². The van der Waals surface area contributed by atoms with Crippen molar-refractivity contribution < 1.29 is 28.6 Å². The van der Waals surface area contributed by atoms with E-state index in [0.717, 1.165) is 12.8 Å². The van der Waals surface area contributed by atoms with Crippen LogP contribution in [0.25, 0.3) is 5.69 Å². The number of aromatic nitrogens is 2. The molecule has 10 heteroatoms. The molecule has 2 amide bonds. The summed E-state index contributed by atoms with van der Waals surface area (Å²) in [6.07, 6.45) is 3.36. The van der Waals surface area contributed by atoms with Crippen LogP contribution < -0.4 is 20.3 Å². The lowest BCUT2D eigenvalue weighted by Crippen LogP contribution is -2.41. The zero-order chi connectivity index (χ0) is 26.1. The van der Waals surface area contributed by atoms with Gasteiger partial charge in [-0.25, -0.2) is 9.48 Å². The zero-order valence-corrected chi connectivity index (χ0v) is 20.8. The number of nitrogens with zero attached hydrogens (tertiary/aromatic N) is 2. The van der Waals surface area contributed by atoms with Crippen LogP contribution >= 0.6 is 0 Å². The summed E-state index contributed by atoms with van der Waals surface area (Å²) in [6, 6.07) is 11.4. The first-order valence-electron chi connectivity index (χ1n) is 11.6. The molecule has 0 aliphatic carbocycles. The van der Waals surface area contributed by atoms with E-state index in [1.807, 2.05) is 0 Å². The van der Waals surface area contributed by atoms with Gasteiger partial charge >= 0.3 is 5.97 Å². The number of nitrogens with one attached hydrogen (secondary N) is 2. The van der Waals surface area contributed by atoms with Crippen LogP contribution in [-0.2, 0) is 4.74 Å². The lowest BCUT2D eigenvalue weighted by Gasteiger charge is -2.12. The van der Waals surface area contributed by atoms with E-state index in [1.54, 1.807) is 61.0 Å². The van der Waals surface area contributed by atoms with E-state index in [-0.39, 0.29) is 6.61 Å². The molecule has 36 heavy (non-hydrogen) atoms. The summed E-state index contributed by atoms with van der Waals surface area (Å²) in [5, 5.41) is 4.24. The standard InChI is InChI=1S/C26H30N4O6/c1-5-7-14-36-22-13-10-19(15-23(22)34-4)25(32)29-28-24(31)18-8-11-20(12-9-18)30-17(3)21(16-27-30)26(33)35-6-2/h8-13,15-16H,5-7,14H2,1-4H3,(H,28,31)(H,29,32). The minimum atomic E-state index is -0.503. The second-order valence-corrected chi connectivity index (χ2v) is 7.80. The topological polar surface area (TPSA) is 121 Å². The minimum absolute atomic E-state index is 0.274. The van der Waals surface area contributed by atoms with E-state index in [0.29, 0.717) is 46.2 Å². The summed E-state index contributed by atoms with van der Waals surface area (Å²) in [6.45, 7) is 6.39. The highest BCUT2D eigenvalue weighted by molar-refractivity contribution is 5.99. The third-order valence-electron chi connectivity index (χ3n) is 5.35. The second-order valence-electron chi connectivity index (χ2n) is 7.80. The summed E-state index contributed by atoms with van der Waals surface area (Å²) in [5.41, 5.74) is 7.09. The minimum Gasteiger partial charge on any atom is -0.493 e. The second kappa shape index (κ2) is 12.4. The van der Waals surface area contributed by atoms with Crippen LogP contribution in [0.4, 0.5) is 0 Å². The Hall–Kier alpha value is -4.34. The molecule has 2 N–H and O–H groups in total. The molecule has 0 bridgehead atoms. The highest BCUT2D eigenvalue weighted by Gasteiger charge is 2.17. The highest BCUT2D eigenvalue weighted by atomic mass is 16.5. The van der Waals surface area contributed by atoms with Crippen molar-refractivity contribution in [3.63, 3.8) is 0 Å². The van der Waals surface area contributed by atoms with Crippen molar-refractivity contribution in [3.8, 4) is 17.2 Å².